The lowest BCUT2D eigenvalue weighted by atomic mass is 10.1. The maximum atomic E-state index is 12.9. The maximum Gasteiger partial charge on any atom is 0.306 e. The molecule has 0 aromatic rings. The Hall–Kier alpha value is -4.19. The van der Waals surface area contributed by atoms with Crippen LogP contribution in [-0.4, -0.2) is 37.2 Å². The maximum absolute atomic E-state index is 12.9. The molecule has 0 N–H and O–H groups in total. The van der Waals surface area contributed by atoms with Crippen molar-refractivity contribution in [3.8, 4) is 0 Å². The van der Waals surface area contributed by atoms with Gasteiger partial charge in [-0.1, -0.05) is 277 Å². The molecule has 0 bridgehead atoms. The Kier molecular flexibility index (Phi) is 60.8. The third-order valence-electron chi connectivity index (χ3n) is 13.4. The fraction of sp³-hybridized carbons (Fsp3) is 0.676. The molecule has 0 saturated carbocycles. The Balaban J connectivity index is 4.38. The Labute approximate surface area is 475 Å². The van der Waals surface area contributed by atoms with E-state index in [1.165, 1.54) is 141 Å². The predicted molar refractivity (Wildman–Crippen MR) is 334 cm³/mol. The topological polar surface area (TPSA) is 78.9 Å². The molecule has 438 valence electrons. The average Bonchev–Trinajstić information content (AvgIpc) is 3.43. The highest BCUT2D eigenvalue weighted by Gasteiger charge is 2.19. The Morgan fingerprint density at radius 3 is 0.883 bits per heavy atom. The van der Waals surface area contributed by atoms with Crippen LogP contribution < -0.4 is 0 Å². The molecular weight excluding hydrogens is 949 g/mol. The van der Waals surface area contributed by atoms with E-state index in [-0.39, 0.29) is 37.5 Å². The van der Waals surface area contributed by atoms with Crippen molar-refractivity contribution in [2.45, 2.75) is 297 Å². The van der Waals surface area contributed by atoms with Gasteiger partial charge in [0.1, 0.15) is 13.2 Å². The summed E-state index contributed by atoms with van der Waals surface area (Å²) in [5.74, 6) is -0.994. The minimum atomic E-state index is -0.815. The molecule has 0 saturated heterocycles. The number of allylic oxidation sites excluding steroid dienone is 20. The van der Waals surface area contributed by atoms with Gasteiger partial charge in [-0.15, -0.1) is 0 Å². The molecule has 6 nitrogen and oxygen atoms in total. The monoisotopic (exact) mass is 1070 g/mol. The van der Waals surface area contributed by atoms with Crippen LogP contribution in [0.15, 0.2) is 122 Å². The van der Waals surface area contributed by atoms with Crippen LogP contribution in [0.4, 0.5) is 0 Å². The van der Waals surface area contributed by atoms with Gasteiger partial charge < -0.3 is 14.2 Å². The first-order valence-corrected chi connectivity index (χ1v) is 32.0. The van der Waals surface area contributed by atoms with Gasteiger partial charge in [-0.3, -0.25) is 14.4 Å². The number of ether oxygens (including phenoxy) is 3. The van der Waals surface area contributed by atoms with Gasteiger partial charge in [-0.2, -0.15) is 0 Å². The number of hydrogen-bond donors (Lipinski definition) is 0. The minimum absolute atomic E-state index is 0.106. The molecule has 0 aliphatic carbocycles. The van der Waals surface area contributed by atoms with Crippen LogP contribution in [0.5, 0.6) is 0 Å². The normalized spacial score (nSPS) is 12.9. The van der Waals surface area contributed by atoms with Crippen molar-refractivity contribution in [2.75, 3.05) is 13.2 Å². The standard InChI is InChI=1S/C71H118O6/c1-4-7-10-13-16-19-22-25-27-29-31-33-34-35-36-38-39-41-43-46-49-52-55-58-61-64-70(73)76-67-68(66-75-69(72)63-60-57-54-51-48-45-24-21-18-15-12-9-6-3)77-71(74)65-62-59-56-53-50-47-44-42-40-37-32-30-28-26-23-20-17-14-11-8-5-2/h7,9-10,12,16,18-19,21,25,27,30-33,35-36,45,48,54,57,68H,4-6,8,11,13-15,17,20,22-24,26,28-29,34,37-44,46-47,49-53,55-56,58-67H2,1-3H3/b10-7-,12-9-,19-16-,21-18-,27-25-,32-30-,33-31-,36-35-,48-45-,57-54-. The minimum Gasteiger partial charge on any atom is -0.462 e. The molecule has 0 aromatic carbocycles. The highest BCUT2D eigenvalue weighted by atomic mass is 16.6. The summed E-state index contributed by atoms with van der Waals surface area (Å²) < 4.78 is 16.8. The van der Waals surface area contributed by atoms with E-state index in [0.717, 1.165) is 103 Å². The highest BCUT2D eigenvalue weighted by Crippen LogP contribution is 2.16. The van der Waals surface area contributed by atoms with Crippen molar-refractivity contribution in [3.63, 3.8) is 0 Å². The molecule has 0 heterocycles. The number of unbranched alkanes of at least 4 members (excludes halogenated alkanes) is 26. The molecule has 0 aromatic heterocycles. The molecule has 0 rings (SSSR count). The summed E-state index contributed by atoms with van der Waals surface area (Å²) in [6.45, 7) is 6.36. The molecule has 1 atom stereocenters. The van der Waals surface area contributed by atoms with Gasteiger partial charge in [0.15, 0.2) is 6.10 Å². The molecule has 1 unspecified atom stereocenters. The predicted octanol–water partition coefficient (Wildman–Crippen LogP) is 22.0. The largest absolute Gasteiger partial charge is 0.462 e. The van der Waals surface area contributed by atoms with E-state index < -0.39 is 6.10 Å². The third-order valence-corrected chi connectivity index (χ3v) is 13.4. The van der Waals surface area contributed by atoms with Crippen molar-refractivity contribution in [1.82, 2.24) is 0 Å². The molecule has 0 fully saturated rings. The van der Waals surface area contributed by atoms with Gasteiger partial charge in [-0.25, -0.2) is 0 Å². The van der Waals surface area contributed by atoms with E-state index in [1.807, 2.05) is 6.08 Å². The van der Waals surface area contributed by atoms with E-state index in [1.54, 1.807) is 0 Å². The summed E-state index contributed by atoms with van der Waals surface area (Å²) in [7, 11) is 0. The van der Waals surface area contributed by atoms with Crippen LogP contribution in [0.3, 0.4) is 0 Å². The number of hydrogen-bond acceptors (Lipinski definition) is 6. The fourth-order valence-electron chi connectivity index (χ4n) is 8.71. The van der Waals surface area contributed by atoms with E-state index >= 15 is 0 Å². The highest BCUT2D eigenvalue weighted by molar-refractivity contribution is 5.71. The van der Waals surface area contributed by atoms with Gasteiger partial charge in [0.05, 0.1) is 0 Å². The Morgan fingerprint density at radius 2 is 0.532 bits per heavy atom. The molecule has 0 aliphatic heterocycles. The van der Waals surface area contributed by atoms with Crippen molar-refractivity contribution in [1.29, 1.82) is 0 Å². The van der Waals surface area contributed by atoms with E-state index in [9.17, 15) is 14.4 Å². The summed E-state index contributed by atoms with van der Waals surface area (Å²) >= 11 is 0. The molecule has 6 heteroatoms. The van der Waals surface area contributed by atoms with Gasteiger partial charge in [-0.05, 0) is 116 Å². The first-order chi connectivity index (χ1) is 38.0. The SMILES string of the molecule is CC/C=C\C/C=C\C/C=C\C/C=C\C/C=C\CCCCCCCCCCCC(=O)OCC(COC(=O)CC/C=C\C/C=C\C/C=C\C/C=C\CC)OC(=O)CCCCCCCCCCC/C=C\CCCCCCCCCC. The summed E-state index contributed by atoms with van der Waals surface area (Å²) in [6, 6.07) is 0. The first-order valence-electron chi connectivity index (χ1n) is 32.0. The van der Waals surface area contributed by atoms with Crippen molar-refractivity contribution < 1.29 is 28.6 Å². The number of carbonyl (C=O) groups excluding carboxylic acids is 3. The summed E-state index contributed by atoms with van der Waals surface area (Å²) in [5, 5.41) is 0. The van der Waals surface area contributed by atoms with Crippen molar-refractivity contribution in [3.05, 3.63) is 122 Å². The summed E-state index contributed by atoms with van der Waals surface area (Å²) in [5.41, 5.74) is 0. The zero-order valence-corrected chi connectivity index (χ0v) is 50.2. The number of rotatable bonds is 57. The molecule has 0 aliphatic rings. The second-order valence-corrected chi connectivity index (χ2v) is 20.9. The second-order valence-electron chi connectivity index (χ2n) is 20.9. The smallest absolute Gasteiger partial charge is 0.306 e. The fourth-order valence-corrected chi connectivity index (χ4v) is 8.71. The van der Waals surface area contributed by atoms with Gasteiger partial charge in [0.25, 0.3) is 0 Å². The van der Waals surface area contributed by atoms with E-state index in [2.05, 4.69) is 136 Å². The zero-order chi connectivity index (χ0) is 55.7. The third kappa shape index (κ3) is 62.5. The van der Waals surface area contributed by atoms with Crippen LogP contribution >= 0.6 is 0 Å². The summed E-state index contributed by atoms with van der Waals surface area (Å²) in [6.07, 6.45) is 89.4. The van der Waals surface area contributed by atoms with Gasteiger partial charge >= 0.3 is 17.9 Å². The van der Waals surface area contributed by atoms with Gasteiger partial charge in [0, 0.05) is 19.3 Å². The summed E-state index contributed by atoms with van der Waals surface area (Å²) in [4.78, 5) is 38.3. The lowest BCUT2D eigenvalue weighted by Crippen LogP contribution is -2.30. The number of esters is 3. The molecule has 0 radical (unpaired) electrons. The Bertz CT molecular complexity index is 1600. The molecule has 0 amide bonds. The molecule has 0 spiro atoms. The average molecular weight is 1070 g/mol. The Morgan fingerprint density at radius 1 is 0.273 bits per heavy atom. The second kappa shape index (κ2) is 64.3. The van der Waals surface area contributed by atoms with Crippen LogP contribution in [0.2, 0.25) is 0 Å². The van der Waals surface area contributed by atoms with Gasteiger partial charge in [0.2, 0.25) is 0 Å². The van der Waals surface area contributed by atoms with Crippen LogP contribution in [-0.2, 0) is 28.6 Å². The van der Waals surface area contributed by atoms with Crippen LogP contribution in [0, 0.1) is 0 Å². The zero-order valence-electron chi connectivity index (χ0n) is 50.2. The van der Waals surface area contributed by atoms with E-state index in [4.69, 9.17) is 14.2 Å². The van der Waals surface area contributed by atoms with Crippen LogP contribution in [0.25, 0.3) is 0 Å². The molecule has 77 heavy (non-hydrogen) atoms. The quantitative estimate of drug-likeness (QED) is 0.0261. The number of carbonyl (C=O) groups is 3. The van der Waals surface area contributed by atoms with Crippen molar-refractivity contribution >= 4 is 17.9 Å². The lowest BCUT2D eigenvalue weighted by Gasteiger charge is -2.18. The van der Waals surface area contributed by atoms with Crippen molar-refractivity contribution in [2.24, 2.45) is 0 Å². The van der Waals surface area contributed by atoms with E-state index in [0.29, 0.717) is 19.3 Å². The van der Waals surface area contributed by atoms with Crippen LogP contribution in [0.1, 0.15) is 290 Å². The lowest BCUT2D eigenvalue weighted by molar-refractivity contribution is -0.166. The first kappa shape index (κ1) is 72.8. The molecular formula is C71H118O6.